The number of hydrogen-bond donors (Lipinski definition) is 2. The number of nitrogens with one attached hydrogen (secondary N) is 1. The number of allylic oxidation sites excluding steroid dienone is 1. The Morgan fingerprint density at radius 1 is 1.44 bits per heavy atom. The van der Waals surface area contributed by atoms with E-state index in [0.717, 1.165) is 6.42 Å². The Labute approximate surface area is 107 Å². The molecule has 1 saturated heterocycles. The summed E-state index contributed by atoms with van der Waals surface area (Å²) in [4.78, 5) is 23.8. The van der Waals surface area contributed by atoms with Gasteiger partial charge in [0.2, 0.25) is 0 Å². The van der Waals surface area contributed by atoms with E-state index in [1.165, 1.54) is 24.8 Å². The number of carboxylic acids is 1. The minimum absolute atomic E-state index is 0.0600. The largest absolute Gasteiger partial charge is 0.481 e. The second kappa shape index (κ2) is 5.89. The summed E-state index contributed by atoms with van der Waals surface area (Å²) >= 11 is 0. The molecule has 0 spiro atoms. The van der Waals surface area contributed by atoms with Crippen LogP contribution >= 0.6 is 0 Å². The molecule has 5 nitrogen and oxygen atoms in total. The zero-order chi connectivity index (χ0) is 13.0. The summed E-state index contributed by atoms with van der Waals surface area (Å²) in [7, 11) is 0. The molecule has 100 valence electrons. The van der Waals surface area contributed by atoms with Crippen LogP contribution in [0.2, 0.25) is 0 Å². The van der Waals surface area contributed by atoms with Crippen LogP contribution in [-0.2, 0) is 4.79 Å². The third-order valence-electron chi connectivity index (χ3n) is 3.57. The first-order valence-electron chi connectivity index (χ1n) is 6.57. The highest BCUT2D eigenvalue weighted by molar-refractivity contribution is 5.75. The summed E-state index contributed by atoms with van der Waals surface area (Å²) in [5, 5.41) is 11.5. The van der Waals surface area contributed by atoms with Crippen molar-refractivity contribution in [1.29, 1.82) is 0 Å². The van der Waals surface area contributed by atoms with Crippen molar-refractivity contribution in [1.82, 2.24) is 10.2 Å². The minimum atomic E-state index is -0.784. The first-order chi connectivity index (χ1) is 8.65. The molecule has 5 heteroatoms. The molecule has 0 aromatic rings. The average molecular weight is 252 g/mol. The van der Waals surface area contributed by atoms with E-state index in [-0.39, 0.29) is 18.4 Å². The van der Waals surface area contributed by atoms with Crippen LogP contribution in [0.3, 0.4) is 0 Å². The molecule has 1 fully saturated rings. The zero-order valence-electron chi connectivity index (χ0n) is 10.5. The molecule has 1 aliphatic carbocycles. The number of likely N-dealkylation sites (tertiary alicyclic amines) is 1. The molecule has 2 rings (SSSR count). The normalized spacial score (nSPS) is 19.3. The van der Waals surface area contributed by atoms with Gasteiger partial charge in [-0.05, 0) is 25.7 Å². The van der Waals surface area contributed by atoms with Gasteiger partial charge in [0, 0.05) is 25.6 Å². The van der Waals surface area contributed by atoms with Crippen LogP contribution in [0.15, 0.2) is 11.6 Å². The lowest BCUT2D eigenvalue weighted by atomic mass is 9.97. The molecule has 0 atom stereocenters. The number of amides is 2. The molecule has 0 aromatic heterocycles. The fourth-order valence-electron chi connectivity index (χ4n) is 2.52. The fourth-order valence-corrected chi connectivity index (χ4v) is 2.52. The minimum Gasteiger partial charge on any atom is -0.481 e. The summed E-state index contributed by atoms with van der Waals surface area (Å²) in [6.07, 6.45) is 6.95. The number of rotatable bonds is 5. The molecule has 0 bridgehead atoms. The number of urea groups is 1. The van der Waals surface area contributed by atoms with E-state index in [1.54, 1.807) is 4.90 Å². The van der Waals surface area contributed by atoms with Gasteiger partial charge in [-0.1, -0.05) is 11.6 Å². The van der Waals surface area contributed by atoms with Gasteiger partial charge in [0.25, 0.3) is 0 Å². The van der Waals surface area contributed by atoms with Crippen molar-refractivity contribution in [3.63, 3.8) is 0 Å². The molecule has 1 heterocycles. The maximum absolute atomic E-state index is 11.7. The number of carbonyl (C=O) groups is 2. The van der Waals surface area contributed by atoms with Crippen molar-refractivity contribution in [3.8, 4) is 0 Å². The maximum Gasteiger partial charge on any atom is 0.317 e. The predicted molar refractivity (Wildman–Crippen MR) is 67.3 cm³/mol. The van der Waals surface area contributed by atoms with Crippen molar-refractivity contribution in [2.45, 2.75) is 32.1 Å². The second-order valence-electron chi connectivity index (χ2n) is 5.11. The maximum atomic E-state index is 11.7. The van der Waals surface area contributed by atoms with E-state index >= 15 is 0 Å². The fraction of sp³-hybridized carbons (Fsp3) is 0.692. The van der Waals surface area contributed by atoms with Crippen LogP contribution in [0, 0.1) is 5.92 Å². The summed E-state index contributed by atoms with van der Waals surface area (Å²) in [6.45, 7) is 1.83. The van der Waals surface area contributed by atoms with Gasteiger partial charge >= 0.3 is 12.0 Å². The molecular weight excluding hydrogens is 232 g/mol. The number of carboxylic acid groups (broad SMARTS) is 1. The first-order valence-corrected chi connectivity index (χ1v) is 6.57. The van der Waals surface area contributed by atoms with Crippen LogP contribution in [0.1, 0.15) is 32.1 Å². The van der Waals surface area contributed by atoms with E-state index in [4.69, 9.17) is 5.11 Å². The summed E-state index contributed by atoms with van der Waals surface area (Å²) < 4.78 is 0. The highest BCUT2D eigenvalue weighted by atomic mass is 16.4. The van der Waals surface area contributed by atoms with Gasteiger partial charge in [-0.25, -0.2) is 4.79 Å². The number of nitrogens with zero attached hydrogens (tertiary/aromatic N) is 1. The van der Waals surface area contributed by atoms with Crippen molar-refractivity contribution in [2.75, 3.05) is 19.6 Å². The number of hydrogen-bond acceptors (Lipinski definition) is 2. The van der Waals surface area contributed by atoms with Crippen LogP contribution < -0.4 is 5.32 Å². The van der Waals surface area contributed by atoms with E-state index in [2.05, 4.69) is 11.4 Å². The topological polar surface area (TPSA) is 69.6 Å². The molecule has 0 aromatic carbocycles. The SMILES string of the molecule is O=C(O)CC1CN(C(=O)NCCC2=CCCC2)C1. The van der Waals surface area contributed by atoms with Gasteiger partial charge in [0.15, 0.2) is 0 Å². The van der Waals surface area contributed by atoms with Gasteiger partial charge in [-0.3, -0.25) is 4.79 Å². The number of aliphatic carboxylic acids is 1. The van der Waals surface area contributed by atoms with Gasteiger partial charge in [0.05, 0.1) is 6.42 Å². The van der Waals surface area contributed by atoms with E-state index < -0.39 is 5.97 Å². The standard InChI is InChI=1S/C13H20N2O3/c16-12(17)7-11-8-15(9-11)13(18)14-6-5-10-3-1-2-4-10/h3,11H,1-2,4-9H2,(H,14,18)(H,16,17). The van der Waals surface area contributed by atoms with Gasteiger partial charge in [-0.2, -0.15) is 0 Å². The third-order valence-corrected chi connectivity index (χ3v) is 3.57. The Morgan fingerprint density at radius 2 is 2.22 bits per heavy atom. The van der Waals surface area contributed by atoms with Crippen molar-refractivity contribution >= 4 is 12.0 Å². The molecule has 2 aliphatic rings. The molecular formula is C13H20N2O3. The highest BCUT2D eigenvalue weighted by Crippen LogP contribution is 2.20. The Balaban J connectivity index is 1.57. The third kappa shape index (κ3) is 3.48. The summed E-state index contributed by atoms with van der Waals surface area (Å²) in [5.74, 6) is -0.654. The van der Waals surface area contributed by atoms with Crippen LogP contribution in [0.25, 0.3) is 0 Å². The molecule has 2 N–H and O–H groups in total. The summed E-state index contributed by atoms with van der Waals surface area (Å²) in [6, 6.07) is -0.0600. The molecule has 1 aliphatic heterocycles. The Morgan fingerprint density at radius 3 is 2.83 bits per heavy atom. The first kappa shape index (κ1) is 12.9. The van der Waals surface area contributed by atoms with Crippen molar-refractivity contribution in [3.05, 3.63) is 11.6 Å². The quantitative estimate of drug-likeness (QED) is 0.730. The molecule has 0 radical (unpaired) electrons. The van der Waals surface area contributed by atoms with Crippen molar-refractivity contribution in [2.24, 2.45) is 5.92 Å². The van der Waals surface area contributed by atoms with Crippen LogP contribution in [0.4, 0.5) is 4.79 Å². The van der Waals surface area contributed by atoms with E-state index in [1.807, 2.05) is 0 Å². The second-order valence-corrected chi connectivity index (χ2v) is 5.11. The lowest BCUT2D eigenvalue weighted by Gasteiger charge is -2.38. The monoisotopic (exact) mass is 252 g/mol. The Kier molecular flexibility index (Phi) is 4.23. The molecule has 18 heavy (non-hydrogen) atoms. The van der Waals surface area contributed by atoms with Gasteiger partial charge < -0.3 is 15.3 Å². The molecule has 0 unspecified atom stereocenters. The average Bonchev–Trinajstić information content (AvgIpc) is 2.75. The van der Waals surface area contributed by atoms with Crippen LogP contribution in [-0.4, -0.2) is 41.6 Å². The van der Waals surface area contributed by atoms with Crippen LogP contribution in [0.5, 0.6) is 0 Å². The summed E-state index contributed by atoms with van der Waals surface area (Å²) in [5.41, 5.74) is 1.45. The highest BCUT2D eigenvalue weighted by Gasteiger charge is 2.31. The lowest BCUT2D eigenvalue weighted by molar-refractivity contribution is -0.139. The Hall–Kier alpha value is -1.52. The van der Waals surface area contributed by atoms with E-state index in [0.29, 0.717) is 19.6 Å². The molecule has 0 saturated carbocycles. The zero-order valence-corrected chi connectivity index (χ0v) is 10.5. The van der Waals surface area contributed by atoms with Gasteiger partial charge in [0.1, 0.15) is 0 Å². The predicted octanol–water partition coefficient (Wildman–Crippen LogP) is 1.60. The Bertz CT molecular complexity index is 359. The lowest BCUT2D eigenvalue weighted by Crippen LogP contribution is -2.54. The smallest absolute Gasteiger partial charge is 0.317 e. The molecule has 2 amide bonds. The van der Waals surface area contributed by atoms with Crippen molar-refractivity contribution < 1.29 is 14.7 Å². The van der Waals surface area contributed by atoms with Gasteiger partial charge in [-0.15, -0.1) is 0 Å². The van der Waals surface area contributed by atoms with E-state index in [9.17, 15) is 9.59 Å². The number of carbonyl (C=O) groups excluding carboxylic acids is 1.